The standard InChI is InChI=1S/2C48H31NS/c1-2-10-32(11-3-1)33-18-24-37(25-19-33)49(39-28-22-35-23-29-44-43-16-8-9-17-47(43)50-48(44)46(35)31-39)38-26-20-34(21-27-38)45-30-36-12-4-5-13-40(36)41-14-6-7-15-42(41)45;1-2-9-32(10-3-1)36-12-8-13-40(30-36)49(41-26-21-35-22-28-45-44-15-6-7-16-47(44)50-48(45)46(35)31-41)39-24-19-33(20-25-39)37-23-27-43-38(29-37)18-17-34-11-4-5-14-42(34)43/h2*1-31H. The van der Waals surface area contributed by atoms with Gasteiger partial charge in [0.1, 0.15) is 0 Å². The number of rotatable bonds is 10. The zero-order chi connectivity index (χ0) is 66.0. The van der Waals surface area contributed by atoms with Crippen LogP contribution in [0.4, 0.5) is 34.1 Å². The number of anilines is 6. The first kappa shape index (κ1) is 58.9. The third-order valence-electron chi connectivity index (χ3n) is 20.1. The molecule has 0 saturated carbocycles. The van der Waals surface area contributed by atoms with Gasteiger partial charge in [0.15, 0.2) is 0 Å². The summed E-state index contributed by atoms with van der Waals surface area (Å²) < 4.78 is 5.32. The minimum atomic E-state index is 1.12. The van der Waals surface area contributed by atoms with Crippen LogP contribution in [0.15, 0.2) is 376 Å². The van der Waals surface area contributed by atoms with E-state index in [1.54, 1.807) is 0 Å². The quantitative estimate of drug-likeness (QED) is 0.126. The van der Waals surface area contributed by atoms with Crippen LogP contribution in [0, 0.1) is 0 Å². The maximum absolute atomic E-state index is 2.40. The third-order valence-corrected chi connectivity index (χ3v) is 22.5. The van der Waals surface area contributed by atoms with Gasteiger partial charge < -0.3 is 9.80 Å². The number of hydrogen-bond acceptors (Lipinski definition) is 4. The molecule has 0 aliphatic rings. The van der Waals surface area contributed by atoms with Crippen molar-refractivity contribution in [3.05, 3.63) is 376 Å². The highest BCUT2D eigenvalue weighted by Gasteiger charge is 2.20. The predicted molar refractivity (Wildman–Crippen MR) is 435 cm³/mol. The molecule has 2 nitrogen and oxygen atoms in total. The zero-order valence-corrected chi connectivity index (χ0v) is 56.1. The highest BCUT2D eigenvalue weighted by atomic mass is 32.1. The van der Waals surface area contributed by atoms with Crippen molar-refractivity contribution in [2.75, 3.05) is 9.80 Å². The molecule has 0 radical (unpaired) electrons. The Morgan fingerprint density at radius 2 is 0.500 bits per heavy atom. The molecule has 2 heterocycles. The molecule has 100 heavy (non-hydrogen) atoms. The van der Waals surface area contributed by atoms with Gasteiger partial charge in [-0.15, -0.1) is 22.7 Å². The first-order chi connectivity index (χ1) is 49.5. The van der Waals surface area contributed by atoms with E-state index in [9.17, 15) is 0 Å². The zero-order valence-electron chi connectivity index (χ0n) is 54.5. The highest BCUT2D eigenvalue weighted by Crippen LogP contribution is 2.47. The van der Waals surface area contributed by atoms with Crippen LogP contribution in [0.3, 0.4) is 0 Å². The van der Waals surface area contributed by atoms with E-state index < -0.39 is 0 Å². The second kappa shape index (κ2) is 24.9. The Labute approximate surface area is 588 Å². The first-order valence-corrected chi connectivity index (χ1v) is 35.8. The van der Waals surface area contributed by atoms with Crippen LogP contribution in [0.1, 0.15) is 0 Å². The first-order valence-electron chi connectivity index (χ1n) is 34.2. The maximum atomic E-state index is 2.40. The lowest BCUT2D eigenvalue weighted by atomic mass is 9.93. The van der Waals surface area contributed by atoms with E-state index in [1.807, 2.05) is 22.7 Å². The molecular weight excluding hydrogens is 1250 g/mol. The molecule has 0 N–H and O–H groups in total. The fourth-order valence-corrected chi connectivity index (χ4v) is 17.6. The number of thiophene rings is 2. The van der Waals surface area contributed by atoms with Gasteiger partial charge in [0, 0.05) is 85.2 Å². The predicted octanol–water partition coefficient (Wildman–Crippen LogP) is 28.6. The normalized spacial score (nSPS) is 11.6. The summed E-state index contributed by atoms with van der Waals surface area (Å²) in [5.41, 5.74) is 16.5. The smallest absolute Gasteiger partial charge is 0.0468 e. The van der Waals surface area contributed by atoms with Crippen LogP contribution in [-0.2, 0) is 0 Å². The fourth-order valence-electron chi connectivity index (χ4n) is 15.1. The van der Waals surface area contributed by atoms with Gasteiger partial charge in [0.2, 0.25) is 0 Å². The minimum absolute atomic E-state index is 1.12. The summed E-state index contributed by atoms with van der Waals surface area (Å²) in [6.07, 6.45) is 0. The van der Waals surface area contributed by atoms with E-state index in [-0.39, 0.29) is 0 Å². The molecule has 0 atom stereocenters. The number of hydrogen-bond donors (Lipinski definition) is 0. The largest absolute Gasteiger partial charge is 0.310 e. The van der Waals surface area contributed by atoms with Crippen molar-refractivity contribution in [3.8, 4) is 44.5 Å². The lowest BCUT2D eigenvalue weighted by molar-refractivity contribution is 1.29. The molecule has 0 spiro atoms. The average molecular weight is 1310 g/mol. The van der Waals surface area contributed by atoms with E-state index in [4.69, 9.17) is 0 Å². The van der Waals surface area contributed by atoms with Gasteiger partial charge in [-0.2, -0.15) is 0 Å². The number of nitrogens with zero attached hydrogens (tertiary/aromatic N) is 2. The Morgan fingerprint density at radius 1 is 0.160 bits per heavy atom. The van der Waals surface area contributed by atoms with Crippen molar-refractivity contribution in [2.24, 2.45) is 0 Å². The molecule has 0 bridgehead atoms. The van der Waals surface area contributed by atoms with Crippen molar-refractivity contribution >= 4 is 162 Å². The Morgan fingerprint density at radius 3 is 1.09 bits per heavy atom. The van der Waals surface area contributed by atoms with Crippen LogP contribution in [0.5, 0.6) is 0 Å². The topological polar surface area (TPSA) is 6.48 Å². The molecule has 0 saturated heterocycles. The fraction of sp³-hybridized carbons (Fsp3) is 0. The van der Waals surface area contributed by atoms with Crippen LogP contribution in [0.2, 0.25) is 0 Å². The Bertz CT molecular complexity index is 6510. The van der Waals surface area contributed by atoms with E-state index in [1.165, 1.54) is 149 Å². The second-order valence-corrected chi connectivity index (χ2v) is 28.0. The second-order valence-electron chi connectivity index (χ2n) is 25.9. The van der Waals surface area contributed by atoms with Crippen LogP contribution in [0.25, 0.3) is 149 Å². The van der Waals surface area contributed by atoms with E-state index in [0.717, 1.165) is 34.1 Å². The molecule has 18 aromatic carbocycles. The van der Waals surface area contributed by atoms with Crippen LogP contribution in [-0.4, -0.2) is 0 Å². The van der Waals surface area contributed by atoms with Gasteiger partial charge in [-0.3, -0.25) is 0 Å². The molecular formula is C96H62N2S2. The summed E-state index contributed by atoms with van der Waals surface area (Å²) >= 11 is 3.77. The van der Waals surface area contributed by atoms with Gasteiger partial charge in [-0.05, 0) is 195 Å². The molecule has 0 unspecified atom stereocenters. The third kappa shape index (κ3) is 10.6. The van der Waals surface area contributed by atoms with Crippen molar-refractivity contribution in [2.45, 2.75) is 0 Å². The molecule has 0 aliphatic heterocycles. The van der Waals surface area contributed by atoms with Crippen molar-refractivity contribution in [1.82, 2.24) is 0 Å². The summed E-state index contributed by atoms with van der Waals surface area (Å²) in [6, 6.07) is 137. The number of fused-ring (bicyclic) bond motifs is 16. The molecule has 468 valence electrons. The van der Waals surface area contributed by atoms with E-state index >= 15 is 0 Å². The molecule has 4 heteroatoms. The molecule has 2 aromatic heterocycles. The van der Waals surface area contributed by atoms with E-state index in [0.29, 0.717) is 0 Å². The summed E-state index contributed by atoms with van der Waals surface area (Å²) in [6.45, 7) is 0. The molecule has 0 aliphatic carbocycles. The van der Waals surface area contributed by atoms with Gasteiger partial charge in [-0.1, -0.05) is 279 Å². The summed E-state index contributed by atoms with van der Waals surface area (Å²) in [5.74, 6) is 0. The molecule has 0 fully saturated rings. The number of benzene rings is 18. The highest BCUT2D eigenvalue weighted by molar-refractivity contribution is 7.27. The van der Waals surface area contributed by atoms with Crippen molar-refractivity contribution in [3.63, 3.8) is 0 Å². The van der Waals surface area contributed by atoms with Gasteiger partial charge in [0.05, 0.1) is 0 Å². The van der Waals surface area contributed by atoms with Gasteiger partial charge in [-0.25, -0.2) is 0 Å². The van der Waals surface area contributed by atoms with Gasteiger partial charge in [0.25, 0.3) is 0 Å². The molecule has 20 rings (SSSR count). The molecule has 0 amide bonds. The monoisotopic (exact) mass is 1310 g/mol. The minimum Gasteiger partial charge on any atom is -0.310 e. The average Bonchev–Trinajstić information content (AvgIpc) is 1.45. The van der Waals surface area contributed by atoms with Gasteiger partial charge >= 0.3 is 0 Å². The molecule has 20 aromatic rings. The summed E-state index contributed by atoms with van der Waals surface area (Å²) in [5, 5.41) is 20.6. The Balaban J connectivity index is 0.000000139. The van der Waals surface area contributed by atoms with Crippen molar-refractivity contribution in [1.29, 1.82) is 0 Å². The van der Waals surface area contributed by atoms with Crippen LogP contribution >= 0.6 is 22.7 Å². The van der Waals surface area contributed by atoms with E-state index in [2.05, 4.69) is 386 Å². The van der Waals surface area contributed by atoms with Crippen molar-refractivity contribution < 1.29 is 0 Å². The Hall–Kier alpha value is -12.4. The maximum Gasteiger partial charge on any atom is 0.0468 e. The lowest BCUT2D eigenvalue weighted by Gasteiger charge is -2.26. The Kier molecular flexibility index (Phi) is 14.7. The van der Waals surface area contributed by atoms with Crippen LogP contribution < -0.4 is 9.80 Å². The summed E-state index contributed by atoms with van der Waals surface area (Å²) in [4.78, 5) is 4.79. The SMILES string of the molecule is c1ccc(-c2ccc(N(c3ccc(-c4cc5ccccc5c5ccccc45)cc3)c3ccc4ccc5c6ccccc6sc5c4c3)cc2)cc1.c1ccc(-c2cccc(N(c3ccc(-c4ccc5c(ccc6ccccc65)c4)cc3)c3ccc4ccc5c6ccccc6sc5c4c3)c2)cc1. The summed E-state index contributed by atoms with van der Waals surface area (Å²) in [7, 11) is 0. The lowest BCUT2D eigenvalue weighted by Crippen LogP contribution is -2.10.